The fraction of sp³-hybridized carbons (Fsp3) is 1.00. The summed E-state index contributed by atoms with van der Waals surface area (Å²) < 4.78 is 0. The highest BCUT2D eigenvalue weighted by Gasteiger charge is 2.18. The van der Waals surface area contributed by atoms with Crippen molar-refractivity contribution in [3.63, 3.8) is 0 Å². The van der Waals surface area contributed by atoms with Crippen LogP contribution in [0.25, 0.3) is 0 Å². The van der Waals surface area contributed by atoms with Gasteiger partial charge in [-0.3, -0.25) is 0 Å². The Labute approximate surface area is 74.8 Å². The lowest BCUT2D eigenvalue weighted by atomic mass is 10.3. The molecule has 1 aliphatic rings. The Bertz CT molecular complexity index is 119. The summed E-state index contributed by atoms with van der Waals surface area (Å²) in [6, 6.07) is 0. The minimum absolute atomic E-state index is 0.0656. The fourth-order valence-corrected chi connectivity index (χ4v) is 1.62. The first kappa shape index (κ1) is 9.96. The maximum absolute atomic E-state index is 9.24. The number of hydrogen-bond acceptors (Lipinski definition) is 3. The molecule has 1 aliphatic heterocycles. The van der Waals surface area contributed by atoms with Crippen molar-refractivity contribution in [3.05, 3.63) is 0 Å². The Morgan fingerprint density at radius 2 is 2.42 bits per heavy atom. The van der Waals surface area contributed by atoms with E-state index in [-0.39, 0.29) is 6.10 Å². The molecule has 12 heavy (non-hydrogen) atoms. The highest BCUT2D eigenvalue weighted by Crippen LogP contribution is 2.08. The molecule has 3 heteroatoms. The zero-order valence-electron chi connectivity index (χ0n) is 7.92. The standard InChI is InChI=1S/C9H20N2O/c1-2-10-5-3-6-11-7-4-9(12)8-11/h9-10,12H,2-8H2,1H3/t9-/m0/s1. The van der Waals surface area contributed by atoms with Gasteiger partial charge in [-0.2, -0.15) is 0 Å². The van der Waals surface area contributed by atoms with E-state index in [2.05, 4.69) is 17.1 Å². The SMILES string of the molecule is CCNCCCN1CC[C@H](O)C1. The molecule has 0 saturated carbocycles. The number of nitrogens with zero attached hydrogens (tertiary/aromatic N) is 1. The summed E-state index contributed by atoms with van der Waals surface area (Å²) in [5.74, 6) is 0. The van der Waals surface area contributed by atoms with Crippen molar-refractivity contribution in [1.29, 1.82) is 0 Å². The van der Waals surface area contributed by atoms with Gasteiger partial charge in [-0.15, -0.1) is 0 Å². The Kier molecular flexibility index (Phi) is 4.58. The van der Waals surface area contributed by atoms with Crippen LogP contribution in [-0.4, -0.2) is 48.8 Å². The molecule has 1 atom stereocenters. The summed E-state index contributed by atoms with van der Waals surface area (Å²) in [7, 11) is 0. The maximum Gasteiger partial charge on any atom is 0.0679 e. The second-order valence-corrected chi connectivity index (χ2v) is 3.45. The molecule has 0 unspecified atom stereocenters. The number of rotatable bonds is 5. The number of nitrogens with one attached hydrogen (secondary N) is 1. The minimum atomic E-state index is -0.0656. The predicted molar refractivity (Wildman–Crippen MR) is 50.2 cm³/mol. The fourth-order valence-electron chi connectivity index (χ4n) is 1.62. The van der Waals surface area contributed by atoms with E-state index in [1.807, 2.05) is 0 Å². The topological polar surface area (TPSA) is 35.5 Å². The van der Waals surface area contributed by atoms with Gasteiger partial charge in [0.15, 0.2) is 0 Å². The molecule has 0 aromatic heterocycles. The van der Waals surface area contributed by atoms with Crippen LogP contribution >= 0.6 is 0 Å². The van der Waals surface area contributed by atoms with Gasteiger partial charge < -0.3 is 15.3 Å². The highest BCUT2D eigenvalue weighted by atomic mass is 16.3. The molecular formula is C9H20N2O. The van der Waals surface area contributed by atoms with Gasteiger partial charge in [0.1, 0.15) is 0 Å². The first-order valence-corrected chi connectivity index (χ1v) is 4.94. The van der Waals surface area contributed by atoms with Crippen LogP contribution in [0.4, 0.5) is 0 Å². The van der Waals surface area contributed by atoms with Crippen LogP contribution in [0.5, 0.6) is 0 Å². The monoisotopic (exact) mass is 172 g/mol. The molecule has 0 aromatic rings. The first-order chi connectivity index (χ1) is 5.83. The molecule has 2 N–H and O–H groups in total. The number of hydrogen-bond donors (Lipinski definition) is 2. The summed E-state index contributed by atoms with van der Waals surface area (Å²) in [5.41, 5.74) is 0. The normalized spacial score (nSPS) is 25.0. The third-order valence-corrected chi connectivity index (χ3v) is 2.33. The van der Waals surface area contributed by atoms with Gasteiger partial charge in [0.25, 0.3) is 0 Å². The first-order valence-electron chi connectivity index (χ1n) is 4.94. The third-order valence-electron chi connectivity index (χ3n) is 2.33. The van der Waals surface area contributed by atoms with Crippen LogP contribution in [0.3, 0.4) is 0 Å². The van der Waals surface area contributed by atoms with Gasteiger partial charge in [0.2, 0.25) is 0 Å². The van der Waals surface area contributed by atoms with Crippen molar-refractivity contribution < 1.29 is 5.11 Å². The molecule has 3 nitrogen and oxygen atoms in total. The lowest BCUT2D eigenvalue weighted by molar-refractivity contribution is 0.176. The molecule has 0 amide bonds. The van der Waals surface area contributed by atoms with E-state index >= 15 is 0 Å². The molecular weight excluding hydrogens is 152 g/mol. The van der Waals surface area contributed by atoms with Crippen molar-refractivity contribution in [2.24, 2.45) is 0 Å². The second kappa shape index (κ2) is 5.51. The molecule has 0 aliphatic carbocycles. The number of aliphatic hydroxyl groups excluding tert-OH is 1. The minimum Gasteiger partial charge on any atom is -0.392 e. The Morgan fingerprint density at radius 1 is 1.58 bits per heavy atom. The molecule has 1 rings (SSSR count). The quantitative estimate of drug-likeness (QED) is 0.575. The predicted octanol–water partition coefficient (Wildman–Crippen LogP) is 0.0526. The van der Waals surface area contributed by atoms with Gasteiger partial charge in [0, 0.05) is 13.1 Å². The van der Waals surface area contributed by atoms with E-state index in [9.17, 15) is 5.11 Å². The van der Waals surface area contributed by atoms with Crippen molar-refractivity contribution in [2.75, 3.05) is 32.7 Å². The van der Waals surface area contributed by atoms with Gasteiger partial charge >= 0.3 is 0 Å². The van der Waals surface area contributed by atoms with E-state index in [0.717, 1.165) is 39.1 Å². The van der Waals surface area contributed by atoms with E-state index < -0.39 is 0 Å². The van der Waals surface area contributed by atoms with Crippen molar-refractivity contribution in [1.82, 2.24) is 10.2 Å². The Morgan fingerprint density at radius 3 is 3.00 bits per heavy atom. The van der Waals surface area contributed by atoms with Crippen LogP contribution < -0.4 is 5.32 Å². The molecule has 0 aromatic carbocycles. The number of β-amino-alcohol motifs (C(OH)–C–C–N with tert-alkyl or cyclic N) is 1. The highest BCUT2D eigenvalue weighted by molar-refractivity contribution is 4.73. The largest absolute Gasteiger partial charge is 0.392 e. The molecule has 72 valence electrons. The van der Waals surface area contributed by atoms with Crippen molar-refractivity contribution >= 4 is 0 Å². The average Bonchev–Trinajstić information content (AvgIpc) is 2.45. The van der Waals surface area contributed by atoms with E-state index in [4.69, 9.17) is 0 Å². The molecule has 0 radical (unpaired) electrons. The summed E-state index contributed by atoms with van der Waals surface area (Å²) in [6.45, 7) is 7.37. The molecule has 0 bridgehead atoms. The zero-order valence-corrected chi connectivity index (χ0v) is 7.92. The Hall–Kier alpha value is -0.120. The van der Waals surface area contributed by atoms with Crippen LogP contribution in [-0.2, 0) is 0 Å². The number of aliphatic hydroxyl groups is 1. The molecule has 1 saturated heterocycles. The Balaban J connectivity index is 1.93. The smallest absolute Gasteiger partial charge is 0.0679 e. The van der Waals surface area contributed by atoms with Crippen molar-refractivity contribution in [3.8, 4) is 0 Å². The van der Waals surface area contributed by atoms with E-state index in [0.29, 0.717) is 0 Å². The molecule has 0 spiro atoms. The lowest BCUT2D eigenvalue weighted by Gasteiger charge is -2.14. The van der Waals surface area contributed by atoms with E-state index in [1.165, 1.54) is 6.42 Å². The summed E-state index contributed by atoms with van der Waals surface area (Å²) in [6.07, 6.45) is 2.09. The van der Waals surface area contributed by atoms with Gasteiger partial charge in [0.05, 0.1) is 6.10 Å². The van der Waals surface area contributed by atoms with Crippen molar-refractivity contribution in [2.45, 2.75) is 25.9 Å². The lowest BCUT2D eigenvalue weighted by Crippen LogP contribution is -2.26. The molecule has 1 fully saturated rings. The van der Waals surface area contributed by atoms with Gasteiger partial charge in [-0.25, -0.2) is 0 Å². The average molecular weight is 172 g/mol. The number of likely N-dealkylation sites (tertiary alicyclic amines) is 1. The van der Waals surface area contributed by atoms with Crippen LogP contribution in [0.2, 0.25) is 0 Å². The van der Waals surface area contributed by atoms with Crippen LogP contribution in [0.15, 0.2) is 0 Å². The summed E-state index contributed by atoms with van der Waals surface area (Å²) >= 11 is 0. The maximum atomic E-state index is 9.24. The van der Waals surface area contributed by atoms with Crippen LogP contribution in [0, 0.1) is 0 Å². The van der Waals surface area contributed by atoms with Gasteiger partial charge in [-0.1, -0.05) is 6.92 Å². The second-order valence-electron chi connectivity index (χ2n) is 3.45. The van der Waals surface area contributed by atoms with E-state index in [1.54, 1.807) is 0 Å². The van der Waals surface area contributed by atoms with Gasteiger partial charge in [-0.05, 0) is 32.5 Å². The third kappa shape index (κ3) is 3.52. The molecule has 1 heterocycles. The summed E-state index contributed by atoms with van der Waals surface area (Å²) in [5, 5.41) is 12.5. The zero-order chi connectivity index (χ0) is 8.81. The van der Waals surface area contributed by atoms with Crippen LogP contribution in [0.1, 0.15) is 19.8 Å². The summed E-state index contributed by atoms with van der Waals surface area (Å²) in [4.78, 5) is 2.34.